The Bertz CT molecular complexity index is 1270. The Kier molecular flexibility index (Phi) is 7.17. The van der Waals surface area contributed by atoms with E-state index in [0.29, 0.717) is 17.2 Å². The van der Waals surface area contributed by atoms with Gasteiger partial charge >= 0.3 is 5.97 Å². The van der Waals surface area contributed by atoms with Crippen molar-refractivity contribution in [3.63, 3.8) is 0 Å². The highest BCUT2D eigenvalue weighted by Gasteiger charge is 2.38. The molecule has 1 aliphatic heterocycles. The number of rotatable bonds is 6. The van der Waals surface area contributed by atoms with Crippen molar-refractivity contribution in [1.29, 1.82) is 0 Å². The summed E-state index contributed by atoms with van der Waals surface area (Å²) in [6.45, 7) is 6.25. The van der Waals surface area contributed by atoms with Crippen LogP contribution in [0.15, 0.2) is 66.7 Å². The fourth-order valence-corrected chi connectivity index (χ4v) is 4.60. The van der Waals surface area contributed by atoms with Crippen LogP contribution < -0.4 is 10.6 Å². The third-order valence-electron chi connectivity index (χ3n) is 6.22. The van der Waals surface area contributed by atoms with Gasteiger partial charge < -0.3 is 20.3 Å². The van der Waals surface area contributed by atoms with Gasteiger partial charge in [0.25, 0.3) is 5.91 Å². The van der Waals surface area contributed by atoms with Gasteiger partial charge in [-0.25, -0.2) is 4.79 Å². The van der Waals surface area contributed by atoms with Crippen molar-refractivity contribution < 1.29 is 14.3 Å². The maximum atomic E-state index is 13.0. The van der Waals surface area contributed by atoms with Gasteiger partial charge in [-0.2, -0.15) is 0 Å². The van der Waals surface area contributed by atoms with E-state index in [1.54, 1.807) is 4.90 Å². The number of benzene rings is 3. The summed E-state index contributed by atoms with van der Waals surface area (Å²) < 4.78 is 4.95. The molecule has 0 saturated heterocycles. The summed E-state index contributed by atoms with van der Waals surface area (Å²) in [7, 11) is 1.35. The van der Waals surface area contributed by atoms with E-state index in [0.717, 1.165) is 33.6 Å². The summed E-state index contributed by atoms with van der Waals surface area (Å²) in [5, 5.41) is 6.96. The van der Waals surface area contributed by atoms with Crippen molar-refractivity contribution in [2.45, 2.75) is 33.4 Å². The zero-order valence-electron chi connectivity index (χ0n) is 20.3. The van der Waals surface area contributed by atoms with Gasteiger partial charge in [-0.15, -0.1) is 0 Å². The number of hydrogen-bond acceptors (Lipinski definition) is 4. The monoisotopic (exact) mass is 487 g/mol. The summed E-state index contributed by atoms with van der Waals surface area (Å²) in [6.07, 6.45) is 0. The first-order valence-electron chi connectivity index (χ1n) is 11.5. The first kappa shape index (κ1) is 24.4. The van der Waals surface area contributed by atoms with E-state index >= 15 is 0 Å². The van der Waals surface area contributed by atoms with Gasteiger partial charge in [0.15, 0.2) is 5.11 Å². The summed E-state index contributed by atoms with van der Waals surface area (Å²) in [5.41, 5.74) is 6.53. The highest BCUT2D eigenvalue weighted by Crippen LogP contribution is 2.32. The van der Waals surface area contributed by atoms with Crippen LogP contribution in [0.3, 0.4) is 0 Å². The van der Waals surface area contributed by atoms with Crippen LogP contribution in [0.1, 0.15) is 35.3 Å². The van der Waals surface area contributed by atoms with E-state index in [2.05, 4.69) is 10.6 Å². The summed E-state index contributed by atoms with van der Waals surface area (Å²) >= 11 is 5.45. The van der Waals surface area contributed by atoms with Crippen molar-refractivity contribution in [2.24, 2.45) is 5.92 Å². The molecular weight excluding hydrogens is 458 g/mol. The molecule has 1 unspecified atom stereocenters. The summed E-state index contributed by atoms with van der Waals surface area (Å²) in [4.78, 5) is 26.9. The van der Waals surface area contributed by atoms with E-state index < -0.39 is 6.04 Å². The number of amides is 1. The number of aryl methyl sites for hydroxylation is 1. The van der Waals surface area contributed by atoms with E-state index in [4.69, 9.17) is 17.0 Å². The average Bonchev–Trinajstić information content (AvgIpc) is 3.16. The summed E-state index contributed by atoms with van der Waals surface area (Å²) in [6, 6.07) is 21.1. The minimum atomic E-state index is -0.606. The SMILES string of the molecule is COC(=O)C(C(C)C)N1Cc2cc(-c3ccc(NC(=S)Nc4ccccc4C)cc3)ccc2C1=O. The Hall–Kier alpha value is -3.71. The number of fused-ring (bicyclic) bond motifs is 1. The van der Waals surface area contributed by atoms with Crippen molar-refractivity contribution >= 4 is 40.6 Å². The summed E-state index contributed by atoms with van der Waals surface area (Å²) in [5.74, 6) is -0.573. The fraction of sp³-hybridized carbons (Fsp3) is 0.250. The molecule has 3 aromatic carbocycles. The predicted octanol–water partition coefficient (Wildman–Crippen LogP) is 5.62. The predicted molar refractivity (Wildman–Crippen MR) is 143 cm³/mol. The molecule has 4 rings (SSSR count). The van der Waals surface area contributed by atoms with Crippen LogP contribution in [0, 0.1) is 12.8 Å². The Balaban J connectivity index is 1.47. The Morgan fingerprint density at radius 1 is 1.00 bits per heavy atom. The van der Waals surface area contributed by atoms with Crippen molar-refractivity contribution in [2.75, 3.05) is 17.7 Å². The van der Waals surface area contributed by atoms with Gasteiger partial charge in [0.1, 0.15) is 6.04 Å². The molecule has 7 heteroatoms. The largest absolute Gasteiger partial charge is 0.467 e. The molecule has 0 aliphatic carbocycles. The maximum Gasteiger partial charge on any atom is 0.328 e. The molecule has 0 aromatic heterocycles. The minimum Gasteiger partial charge on any atom is -0.467 e. The quantitative estimate of drug-likeness (QED) is 0.347. The number of ether oxygens (including phenoxy) is 1. The van der Waals surface area contributed by atoms with E-state index in [1.807, 2.05) is 87.5 Å². The van der Waals surface area contributed by atoms with Gasteiger partial charge in [-0.3, -0.25) is 4.79 Å². The molecule has 1 heterocycles. The molecular formula is C28H29N3O3S. The molecule has 0 fully saturated rings. The molecule has 1 aliphatic rings. The number of anilines is 2. The molecule has 2 N–H and O–H groups in total. The molecule has 35 heavy (non-hydrogen) atoms. The fourth-order valence-electron chi connectivity index (χ4n) is 4.37. The number of nitrogens with zero attached hydrogens (tertiary/aromatic N) is 1. The smallest absolute Gasteiger partial charge is 0.328 e. The third-order valence-corrected chi connectivity index (χ3v) is 6.42. The van der Waals surface area contributed by atoms with E-state index in [9.17, 15) is 9.59 Å². The lowest BCUT2D eigenvalue weighted by Crippen LogP contribution is -2.45. The average molecular weight is 488 g/mol. The van der Waals surface area contributed by atoms with Gasteiger partial charge in [0, 0.05) is 23.5 Å². The van der Waals surface area contributed by atoms with Crippen LogP contribution in [-0.2, 0) is 16.1 Å². The van der Waals surface area contributed by atoms with Crippen molar-refractivity contribution in [3.05, 3.63) is 83.4 Å². The van der Waals surface area contributed by atoms with Crippen LogP contribution in [0.5, 0.6) is 0 Å². The first-order valence-corrected chi connectivity index (χ1v) is 11.9. The first-order chi connectivity index (χ1) is 16.8. The highest BCUT2D eigenvalue weighted by molar-refractivity contribution is 7.80. The second-order valence-electron chi connectivity index (χ2n) is 8.99. The molecule has 0 radical (unpaired) electrons. The number of thiocarbonyl (C=S) groups is 1. The van der Waals surface area contributed by atoms with Gasteiger partial charge in [-0.1, -0.05) is 50.2 Å². The standard InChI is InChI=1S/C28H29N3O3S/c1-17(2)25(27(33)34-4)31-16-21-15-20(11-14-23(21)26(31)32)19-9-12-22(13-10-19)29-28(35)30-24-8-6-5-7-18(24)3/h5-15,17,25H,16H2,1-4H3,(H2,29,30,35). The molecule has 0 saturated carbocycles. The second kappa shape index (κ2) is 10.3. The Morgan fingerprint density at radius 2 is 1.69 bits per heavy atom. The molecule has 0 spiro atoms. The van der Waals surface area contributed by atoms with Gasteiger partial charge in [0.05, 0.1) is 7.11 Å². The lowest BCUT2D eigenvalue weighted by Gasteiger charge is -2.28. The maximum absolute atomic E-state index is 13.0. The lowest BCUT2D eigenvalue weighted by molar-refractivity contribution is -0.147. The van der Waals surface area contributed by atoms with Crippen LogP contribution in [0.2, 0.25) is 0 Å². The topological polar surface area (TPSA) is 70.7 Å². The molecule has 6 nitrogen and oxygen atoms in total. The van der Waals surface area contributed by atoms with Crippen molar-refractivity contribution in [3.8, 4) is 11.1 Å². The van der Waals surface area contributed by atoms with E-state index in [-0.39, 0.29) is 17.8 Å². The molecule has 0 bridgehead atoms. The zero-order valence-corrected chi connectivity index (χ0v) is 21.1. The normalized spacial score (nSPS) is 13.4. The van der Waals surface area contributed by atoms with Crippen LogP contribution >= 0.6 is 12.2 Å². The number of carbonyl (C=O) groups excluding carboxylic acids is 2. The lowest BCUT2D eigenvalue weighted by atomic mass is 10.0. The number of nitrogens with one attached hydrogen (secondary N) is 2. The Labute approximate surface area is 211 Å². The van der Waals surface area contributed by atoms with Gasteiger partial charge in [-0.05, 0) is 77.6 Å². The third kappa shape index (κ3) is 5.20. The van der Waals surface area contributed by atoms with Crippen molar-refractivity contribution in [1.82, 2.24) is 4.90 Å². The number of para-hydroxylation sites is 1. The molecule has 1 atom stereocenters. The van der Waals surface area contributed by atoms with Gasteiger partial charge in [0.2, 0.25) is 0 Å². The number of hydrogen-bond donors (Lipinski definition) is 2. The van der Waals surface area contributed by atoms with Crippen LogP contribution in [-0.4, -0.2) is 35.0 Å². The number of esters is 1. The van der Waals surface area contributed by atoms with Crippen LogP contribution in [0.4, 0.5) is 11.4 Å². The molecule has 3 aromatic rings. The zero-order chi connectivity index (χ0) is 25.1. The number of carbonyl (C=O) groups is 2. The van der Waals surface area contributed by atoms with E-state index in [1.165, 1.54) is 7.11 Å². The Morgan fingerprint density at radius 3 is 2.34 bits per heavy atom. The highest BCUT2D eigenvalue weighted by atomic mass is 32.1. The second-order valence-corrected chi connectivity index (χ2v) is 9.40. The molecule has 180 valence electrons. The minimum absolute atomic E-state index is 0.0494. The number of methoxy groups -OCH3 is 1. The van der Waals surface area contributed by atoms with Crippen LogP contribution in [0.25, 0.3) is 11.1 Å². The molecule has 1 amide bonds.